The van der Waals surface area contributed by atoms with Gasteiger partial charge in [0.05, 0.1) is 6.54 Å². The summed E-state index contributed by atoms with van der Waals surface area (Å²) in [7, 11) is 0. The van der Waals surface area contributed by atoms with Crippen molar-refractivity contribution in [2.75, 3.05) is 49.5 Å². The maximum Gasteiger partial charge on any atom is 0.159 e. The molecule has 28 heavy (non-hydrogen) atoms. The number of hydrogen-bond donors (Lipinski definition) is 2. The molecule has 2 aliphatic heterocycles. The van der Waals surface area contributed by atoms with E-state index in [-0.39, 0.29) is 11.8 Å². The predicted molar refractivity (Wildman–Crippen MR) is 101 cm³/mol. The molecule has 9 heteroatoms. The molecule has 1 fully saturated rings. The van der Waals surface area contributed by atoms with Gasteiger partial charge in [0.15, 0.2) is 17.4 Å². The fraction of sp³-hybridized carbons (Fsp3) is 0.421. The molecule has 2 aromatic rings. The lowest BCUT2D eigenvalue weighted by atomic mass is 10.0. The maximum absolute atomic E-state index is 13.6. The highest BCUT2D eigenvalue weighted by molar-refractivity contribution is 5.90. The molecule has 2 aliphatic rings. The van der Waals surface area contributed by atoms with Crippen LogP contribution in [0.4, 0.5) is 20.4 Å². The summed E-state index contributed by atoms with van der Waals surface area (Å²) in [6.45, 7) is 3.38. The van der Waals surface area contributed by atoms with E-state index in [4.69, 9.17) is 5.73 Å². The number of anilines is 2. The average molecular weight is 388 g/mol. The van der Waals surface area contributed by atoms with Crippen LogP contribution in [0.5, 0.6) is 0 Å². The van der Waals surface area contributed by atoms with Crippen LogP contribution in [-0.4, -0.2) is 59.9 Å². The fourth-order valence-electron chi connectivity index (χ4n) is 3.89. The third-order valence-electron chi connectivity index (χ3n) is 5.36. The number of halogens is 2. The Bertz CT molecular complexity index is 885. The first-order chi connectivity index (χ1) is 13.6. The quantitative estimate of drug-likeness (QED) is 0.811. The number of ketones is 1. The van der Waals surface area contributed by atoms with Gasteiger partial charge in [-0.15, -0.1) is 0 Å². The Morgan fingerprint density at radius 2 is 1.93 bits per heavy atom. The standard InChI is InChI=1S/C19H22F2N6O/c20-15-2-1-12(7-16(15)21)17(9-22)26-3-5-27(6-4-26)19-14-8-13(28)10-23-18(14)24-11-25-19/h1-2,7,11,17H,3-6,8-10,22H2,(H,23,24,25). The molecule has 1 saturated heterocycles. The number of nitrogens with two attached hydrogens (primary N) is 1. The molecular formula is C19H22F2N6O. The highest BCUT2D eigenvalue weighted by Gasteiger charge is 2.28. The van der Waals surface area contributed by atoms with Crippen molar-refractivity contribution in [3.05, 3.63) is 47.3 Å². The Balaban J connectivity index is 1.49. The van der Waals surface area contributed by atoms with Gasteiger partial charge in [-0.1, -0.05) is 6.07 Å². The normalized spacial score (nSPS) is 18.5. The number of carbonyl (C=O) groups excluding carboxylic acids is 1. The van der Waals surface area contributed by atoms with Crippen molar-refractivity contribution >= 4 is 17.4 Å². The Kier molecular flexibility index (Phi) is 5.19. The second-order valence-corrected chi connectivity index (χ2v) is 7.04. The van der Waals surface area contributed by atoms with Crippen LogP contribution in [-0.2, 0) is 11.2 Å². The fourth-order valence-corrected chi connectivity index (χ4v) is 3.89. The van der Waals surface area contributed by atoms with E-state index < -0.39 is 11.6 Å². The van der Waals surface area contributed by atoms with E-state index in [0.717, 1.165) is 17.4 Å². The van der Waals surface area contributed by atoms with Gasteiger partial charge in [0, 0.05) is 50.7 Å². The zero-order valence-electron chi connectivity index (χ0n) is 15.4. The molecule has 0 bridgehead atoms. The minimum Gasteiger partial charge on any atom is -0.363 e. The summed E-state index contributed by atoms with van der Waals surface area (Å²) in [6, 6.07) is 3.76. The summed E-state index contributed by atoms with van der Waals surface area (Å²) < 4.78 is 26.9. The Morgan fingerprint density at radius 1 is 1.14 bits per heavy atom. The van der Waals surface area contributed by atoms with Crippen LogP contribution < -0.4 is 16.0 Å². The SMILES string of the molecule is NCC(c1ccc(F)c(F)c1)N1CCN(c2ncnc3c2CC(=O)CN3)CC1. The minimum atomic E-state index is -0.862. The zero-order chi connectivity index (χ0) is 19.7. The molecule has 0 aliphatic carbocycles. The van der Waals surface area contributed by atoms with Gasteiger partial charge in [0.2, 0.25) is 0 Å². The van der Waals surface area contributed by atoms with Crippen molar-refractivity contribution in [2.45, 2.75) is 12.5 Å². The molecule has 3 heterocycles. The summed E-state index contributed by atoms with van der Waals surface area (Å²) in [6.07, 6.45) is 1.84. The molecule has 0 amide bonds. The largest absolute Gasteiger partial charge is 0.363 e. The van der Waals surface area contributed by atoms with Gasteiger partial charge in [-0.05, 0) is 17.7 Å². The Labute approximate surface area is 161 Å². The molecule has 4 rings (SSSR count). The van der Waals surface area contributed by atoms with E-state index in [2.05, 4.69) is 25.1 Å². The van der Waals surface area contributed by atoms with E-state index in [1.54, 1.807) is 6.07 Å². The number of carbonyl (C=O) groups is 1. The highest BCUT2D eigenvalue weighted by Crippen LogP contribution is 2.29. The number of Topliss-reactive ketones (excluding diaryl/α,β-unsaturated/α-hetero) is 1. The van der Waals surface area contributed by atoms with Crippen LogP contribution >= 0.6 is 0 Å². The van der Waals surface area contributed by atoms with Crippen LogP contribution in [0.3, 0.4) is 0 Å². The number of hydrogen-bond acceptors (Lipinski definition) is 7. The third kappa shape index (κ3) is 3.55. The first-order valence-electron chi connectivity index (χ1n) is 9.30. The molecule has 1 aromatic heterocycles. The number of nitrogens with zero attached hydrogens (tertiary/aromatic N) is 4. The zero-order valence-corrected chi connectivity index (χ0v) is 15.4. The molecule has 0 radical (unpaired) electrons. The molecule has 1 unspecified atom stereocenters. The molecule has 7 nitrogen and oxygen atoms in total. The number of piperazine rings is 1. The summed E-state index contributed by atoms with van der Waals surface area (Å²) in [4.78, 5) is 24.8. The number of aromatic nitrogens is 2. The van der Waals surface area contributed by atoms with Gasteiger partial charge in [-0.2, -0.15) is 0 Å². The van der Waals surface area contributed by atoms with Gasteiger partial charge in [-0.3, -0.25) is 9.69 Å². The molecule has 0 saturated carbocycles. The van der Waals surface area contributed by atoms with Crippen LogP contribution in [0.15, 0.2) is 24.5 Å². The second-order valence-electron chi connectivity index (χ2n) is 7.04. The van der Waals surface area contributed by atoms with Crippen molar-refractivity contribution in [1.82, 2.24) is 14.9 Å². The van der Waals surface area contributed by atoms with Crippen molar-refractivity contribution in [2.24, 2.45) is 5.73 Å². The number of benzene rings is 1. The molecule has 1 aromatic carbocycles. The molecule has 0 spiro atoms. The average Bonchev–Trinajstić information content (AvgIpc) is 2.71. The van der Waals surface area contributed by atoms with Gasteiger partial charge < -0.3 is 16.0 Å². The van der Waals surface area contributed by atoms with Crippen molar-refractivity contribution < 1.29 is 13.6 Å². The summed E-state index contributed by atoms with van der Waals surface area (Å²) in [5, 5.41) is 3.04. The number of rotatable bonds is 4. The lowest BCUT2D eigenvalue weighted by molar-refractivity contribution is -0.117. The van der Waals surface area contributed by atoms with E-state index in [1.165, 1.54) is 12.4 Å². The third-order valence-corrected chi connectivity index (χ3v) is 5.36. The Morgan fingerprint density at radius 3 is 2.64 bits per heavy atom. The lowest BCUT2D eigenvalue weighted by Gasteiger charge is -2.40. The molecular weight excluding hydrogens is 366 g/mol. The molecule has 148 valence electrons. The smallest absolute Gasteiger partial charge is 0.159 e. The maximum atomic E-state index is 13.6. The van der Waals surface area contributed by atoms with Gasteiger partial charge in [0.1, 0.15) is 18.0 Å². The number of nitrogens with one attached hydrogen (secondary N) is 1. The summed E-state index contributed by atoms with van der Waals surface area (Å²) >= 11 is 0. The van der Waals surface area contributed by atoms with E-state index in [1.807, 2.05) is 0 Å². The summed E-state index contributed by atoms with van der Waals surface area (Å²) in [5.74, 6) is -0.111. The topological polar surface area (TPSA) is 87.4 Å². The monoisotopic (exact) mass is 388 g/mol. The van der Waals surface area contributed by atoms with Crippen LogP contribution in [0.1, 0.15) is 17.2 Å². The minimum absolute atomic E-state index is 0.115. The lowest BCUT2D eigenvalue weighted by Crippen LogP contribution is -2.49. The van der Waals surface area contributed by atoms with Crippen LogP contribution in [0.25, 0.3) is 0 Å². The van der Waals surface area contributed by atoms with Crippen molar-refractivity contribution in [3.8, 4) is 0 Å². The molecule has 3 N–H and O–H groups in total. The summed E-state index contributed by atoms with van der Waals surface area (Å²) in [5.41, 5.74) is 7.44. The van der Waals surface area contributed by atoms with Crippen molar-refractivity contribution in [1.29, 1.82) is 0 Å². The van der Waals surface area contributed by atoms with Gasteiger partial charge in [0.25, 0.3) is 0 Å². The second kappa shape index (κ2) is 7.76. The van der Waals surface area contributed by atoms with E-state index >= 15 is 0 Å². The Hall–Kier alpha value is -2.65. The predicted octanol–water partition coefficient (Wildman–Crippen LogP) is 1.11. The van der Waals surface area contributed by atoms with Crippen molar-refractivity contribution in [3.63, 3.8) is 0 Å². The highest BCUT2D eigenvalue weighted by atomic mass is 19.2. The molecule has 1 atom stereocenters. The van der Waals surface area contributed by atoms with Crippen LogP contribution in [0.2, 0.25) is 0 Å². The number of fused-ring (bicyclic) bond motifs is 1. The first kappa shape index (κ1) is 18.7. The van der Waals surface area contributed by atoms with Gasteiger partial charge in [-0.25, -0.2) is 18.7 Å². The van der Waals surface area contributed by atoms with Crippen LogP contribution in [0, 0.1) is 11.6 Å². The first-order valence-corrected chi connectivity index (χ1v) is 9.30. The van der Waals surface area contributed by atoms with E-state index in [9.17, 15) is 13.6 Å². The van der Waals surface area contributed by atoms with Gasteiger partial charge >= 0.3 is 0 Å². The van der Waals surface area contributed by atoms with E-state index in [0.29, 0.717) is 57.1 Å².